The lowest BCUT2D eigenvalue weighted by molar-refractivity contribution is 0.317. The number of rotatable bonds is 6. The van der Waals surface area contributed by atoms with Crippen molar-refractivity contribution in [3.05, 3.63) is 5.89 Å². The van der Waals surface area contributed by atoms with E-state index >= 15 is 0 Å². The Balaban J connectivity index is 2.06. The maximum atomic E-state index is 5.54. The molecule has 20 heavy (non-hydrogen) atoms. The van der Waals surface area contributed by atoms with Crippen LogP contribution >= 0.6 is 0 Å². The third-order valence-corrected chi connectivity index (χ3v) is 4.21. The van der Waals surface area contributed by atoms with Gasteiger partial charge in [0.2, 0.25) is 5.89 Å². The van der Waals surface area contributed by atoms with Crippen molar-refractivity contribution < 1.29 is 4.52 Å². The molecule has 114 valence electrons. The quantitative estimate of drug-likeness (QED) is 0.868. The standard InChI is InChI=1S/C15H28N4O/c1-4-13(12(3)16-5-2)14-17-15(18-20-14)19-10-8-6-7-9-11-19/h12-13,16H,4-11H2,1-3H3. The molecule has 1 fully saturated rings. The van der Waals surface area contributed by atoms with Gasteiger partial charge in [-0.05, 0) is 37.9 Å². The van der Waals surface area contributed by atoms with Crippen LogP contribution in [0.2, 0.25) is 0 Å². The zero-order chi connectivity index (χ0) is 14.4. The van der Waals surface area contributed by atoms with Crippen LogP contribution in [0.4, 0.5) is 5.95 Å². The van der Waals surface area contributed by atoms with Crippen molar-refractivity contribution in [2.75, 3.05) is 24.5 Å². The first-order valence-corrected chi connectivity index (χ1v) is 8.08. The molecule has 2 rings (SSSR count). The molecule has 1 aromatic rings. The molecule has 0 saturated carbocycles. The third-order valence-electron chi connectivity index (χ3n) is 4.21. The van der Waals surface area contributed by atoms with Crippen molar-refractivity contribution in [2.45, 2.75) is 64.8 Å². The highest BCUT2D eigenvalue weighted by molar-refractivity contribution is 5.28. The van der Waals surface area contributed by atoms with Crippen molar-refractivity contribution >= 4 is 5.95 Å². The first-order chi connectivity index (χ1) is 9.76. The van der Waals surface area contributed by atoms with E-state index < -0.39 is 0 Å². The molecule has 0 amide bonds. The molecule has 2 unspecified atom stereocenters. The van der Waals surface area contributed by atoms with E-state index in [9.17, 15) is 0 Å². The highest BCUT2D eigenvalue weighted by Gasteiger charge is 2.24. The molecular formula is C15H28N4O. The van der Waals surface area contributed by atoms with Crippen LogP contribution in [0, 0.1) is 0 Å². The Hall–Kier alpha value is -1.10. The predicted molar refractivity (Wildman–Crippen MR) is 81.1 cm³/mol. The molecule has 0 aliphatic carbocycles. The monoisotopic (exact) mass is 280 g/mol. The average Bonchev–Trinajstić information content (AvgIpc) is 2.75. The lowest BCUT2D eigenvalue weighted by Crippen LogP contribution is -2.32. The Bertz CT molecular complexity index is 385. The minimum absolute atomic E-state index is 0.295. The Labute approximate surface area is 122 Å². The Morgan fingerprint density at radius 2 is 1.90 bits per heavy atom. The molecule has 0 aromatic carbocycles. The SMILES string of the molecule is CCNC(C)C(CC)c1nc(N2CCCCCC2)no1. The summed E-state index contributed by atoms with van der Waals surface area (Å²) in [6.45, 7) is 9.56. The van der Waals surface area contributed by atoms with Crippen LogP contribution in [0.3, 0.4) is 0 Å². The number of aromatic nitrogens is 2. The van der Waals surface area contributed by atoms with Gasteiger partial charge >= 0.3 is 0 Å². The van der Waals surface area contributed by atoms with Gasteiger partial charge in [-0.2, -0.15) is 4.98 Å². The summed E-state index contributed by atoms with van der Waals surface area (Å²) < 4.78 is 5.54. The van der Waals surface area contributed by atoms with Crippen LogP contribution < -0.4 is 10.2 Å². The van der Waals surface area contributed by atoms with E-state index in [0.29, 0.717) is 12.0 Å². The summed E-state index contributed by atoms with van der Waals surface area (Å²) in [5, 5.41) is 7.66. The van der Waals surface area contributed by atoms with Gasteiger partial charge in [0.05, 0.1) is 5.92 Å². The van der Waals surface area contributed by atoms with Gasteiger partial charge in [-0.25, -0.2) is 0 Å². The number of nitrogens with zero attached hydrogens (tertiary/aromatic N) is 3. The second-order valence-electron chi connectivity index (χ2n) is 5.69. The Morgan fingerprint density at radius 3 is 2.50 bits per heavy atom. The predicted octanol–water partition coefficient (Wildman–Crippen LogP) is 2.94. The summed E-state index contributed by atoms with van der Waals surface area (Å²) in [5.74, 6) is 1.85. The minimum atomic E-state index is 0.295. The minimum Gasteiger partial charge on any atom is -0.338 e. The zero-order valence-electron chi connectivity index (χ0n) is 13.1. The second-order valence-corrected chi connectivity index (χ2v) is 5.69. The molecule has 1 aliphatic heterocycles. The van der Waals surface area contributed by atoms with Crippen LogP contribution in [0.1, 0.15) is 64.7 Å². The van der Waals surface area contributed by atoms with Crippen molar-refractivity contribution in [3.8, 4) is 0 Å². The number of anilines is 1. The molecule has 2 heterocycles. The van der Waals surface area contributed by atoms with Crippen LogP contribution in [0.15, 0.2) is 4.52 Å². The van der Waals surface area contributed by atoms with Gasteiger partial charge in [0.1, 0.15) is 0 Å². The van der Waals surface area contributed by atoms with Gasteiger partial charge in [-0.1, -0.05) is 26.7 Å². The molecule has 5 heteroatoms. The van der Waals surface area contributed by atoms with Gasteiger partial charge in [-0.15, -0.1) is 0 Å². The summed E-state index contributed by atoms with van der Waals surface area (Å²) in [6, 6.07) is 0.363. The third kappa shape index (κ3) is 3.72. The second kappa shape index (κ2) is 7.62. The van der Waals surface area contributed by atoms with Gasteiger partial charge in [-0.3, -0.25) is 0 Å². The highest BCUT2D eigenvalue weighted by Crippen LogP contribution is 2.24. The molecule has 1 aliphatic rings. The summed E-state index contributed by atoms with van der Waals surface area (Å²) in [6.07, 6.45) is 6.10. The summed E-state index contributed by atoms with van der Waals surface area (Å²) in [5.41, 5.74) is 0. The van der Waals surface area contributed by atoms with E-state index in [4.69, 9.17) is 4.52 Å². The number of nitrogens with one attached hydrogen (secondary N) is 1. The molecule has 0 radical (unpaired) electrons. The van der Waals surface area contributed by atoms with E-state index in [1.165, 1.54) is 25.7 Å². The molecule has 0 spiro atoms. The van der Waals surface area contributed by atoms with Crippen molar-refractivity contribution in [2.24, 2.45) is 0 Å². The van der Waals surface area contributed by atoms with E-state index in [1.54, 1.807) is 0 Å². The lowest BCUT2D eigenvalue weighted by atomic mass is 9.98. The van der Waals surface area contributed by atoms with Gasteiger partial charge in [0, 0.05) is 19.1 Å². The molecular weight excluding hydrogens is 252 g/mol. The molecule has 1 saturated heterocycles. The van der Waals surface area contributed by atoms with Crippen LogP contribution in [0.25, 0.3) is 0 Å². The molecule has 0 bridgehead atoms. The lowest BCUT2D eigenvalue weighted by Gasteiger charge is -2.20. The fourth-order valence-electron chi connectivity index (χ4n) is 2.98. The summed E-state index contributed by atoms with van der Waals surface area (Å²) in [7, 11) is 0. The average molecular weight is 280 g/mol. The zero-order valence-corrected chi connectivity index (χ0v) is 13.1. The normalized spacial score (nSPS) is 19.6. The Kier molecular flexibility index (Phi) is 5.83. The fraction of sp³-hybridized carbons (Fsp3) is 0.867. The number of likely N-dealkylation sites (N-methyl/N-ethyl adjacent to an activating group) is 1. The van der Waals surface area contributed by atoms with Crippen molar-refractivity contribution in [1.82, 2.24) is 15.5 Å². The first-order valence-electron chi connectivity index (χ1n) is 8.08. The van der Waals surface area contributed by atoms with Crippen molar-refractivity contribution in [1.29, 1.82) is 0 Å². The molecule has 1 aromatic heterocycles. The van der Waals surface area contributed by atoms with Crippen LogP contribution in [-0.2, 0) is 0 Å². The molecule has 2 atom stereocenters. The fourth-order valence-corrected chi connectivity index (χ4v) is 2.98. The largest absolute Gasteiger partial charge is 0.338 e. The van der Waals surface area contributed by atoms with E-state index in [0.717, 1.165) is 37.9 Å². The maximum absolute atomic E-state index is 5.54. The maximum Gasteiger partial charge on any atom is 0.266 e. The van der Waals surface area contributed by atoms with Gasteiger partial charge < -0.3 is 14.7 Å². The summed E-state index contributed by atoms with van der Waals surface area (Å²) in [4.78, 5) is 6.93. The Morgan fingerprint density at radius 1 is 1.20 bits per heavy atom. The van der Waals surface area contributed by atoms with E-state index in [1.807, 2.05) is 0 Å². The smallest absolute Gasteiger partial charge is 0.266 e. The highest BCUT2D eigenvalue weighted by atomic mass is 16.5. The number of hydrogen-bond acceptors (Lipinski definition) is 5. The molecule has 5 nitrogen and oxygen atoms in total. The van der Waals surface area contributed by atoms with Crippen LogP contribution in [0.5, 0.6) is 0 Å². The van der Waals surface area contributed by atoms with E-state index in [2.05, 4.69) is 41.1 Å². The number of hydrogen-bond donors (Lipinski definition) is 1. The first kappa shape index (κ1) is 15.3. The van der Waals surface area contributed by atoms with Crippen molar-refractivity contribution in [3.63, 3.8) is 0 Å². The topological polar surface area (TPSA) is 54.2 Å². The van der Waals surface area contributed by atoms with Gasteiger partial charge in [0.25, 0.3) is 5.95 Å². The van der Waals surface area contributed by atoms with Crippen LogP contribution in [-0.4, -0.2) is 35.8 Å². The molecule has 1 N–H and O–H groups in total. The van der Waals surface area contributed by atoms with Gasteiger partial charge in [0.15, 0.2) is 0 Å². The van der Waals surface area contributed by atoms with E-state index in [-0.39, 0.29) is 0 Å². The summed E-state index contributed by atoms with van der Waals surface area (Å²) >= 11 is 0.